The molecule has 3 rings (SSSR count). The number of nitrogens with zero attached hydrogens (tertiary/aromatic N) is 1. The van der Waals surface area contributed by atoms with Crippen LogP contribution >= 0.6 is 0 Å². The molecule has 0 aromatic heterocycles. The average molecular weight is 445 g/mol. The maximum Gasteiger partial charge on any atom is 0.238 e. The van der Waals surface area contributed by atoms with Gasteiger partial charge in [0.15, 0.2) is 5.96 Å². The summed E-state index contributed by atoms with van der Waals surface area (Å²) in [4.78, 5) is 4.71. The molecule has 0 aliphatic carbocycles. The summed E-state index contributed by atoms with van der Waals surface area (Å²) in [5.41, 5.74) is 3.23. The van der Waals surface area contributed by atoms with E-state index in [2.05, 4.69) is 46.8 Å². The molecule has 0 saturated carbocycles. The Morgan fingerprint density at radius 3 is 2.68 bits per heavy atom. The third kappa shape index (κ3) is 6.78. The zero-order valence-corrected chi connectivity index (χ0v) is 19.0. The van der Waals surface area contributed by atoms with E-state index in [9.17, 15) is 8.42 Å². The van der Waals surface area contributed by atoms with Crippen molar-refractivity contribution in [2.75, 3.05) is 19.7 Å². The summed E-state index contributed by atoms with van der Waals surface area (Å²) < 4.78 is 29.3. The normalized spacial score (nSPS) is 19.8. The van der Waals surface area contributed by atoms with Crippen LogP contribution in [0.15, 0.2) is 58.4 Å². The van der Waals surface area contributed by atoms with Gasteiger partial charge in [-0.25, -0.2) is 18.5 Å². The summed E-state index contributed by atoms with van der Waals surface area (Å²) in [6.45, 7) is 6.69. The third-order valence-corrected chi connectivity index (χ3v) is 6.28. The highest BCUT2D eigenvalue weighted by molar-refractivity contribution is 7.89. The maximum absolute atomic E-state index is 11.6. The van der Waals surface area contributed by atoms with Gasteiger partial charge in [-0.1, -0.05) is 42.0 Å². The number of sulfonamides is 1. The van der Waals surface area contributed by atoms with Gasteiger partial charge in [-0.15, -0.1) is 0 Å². The first-order valence-electron chi connectivity index (χ1n) is 10.7. The van der Waals surface area contributed by atoms with Gasteiger partial charge in [0.2, 0.25) is 10.0 Å². The zero-order chi connectivity index (χ0) is 22.3. The van der Waals surface area contributed by atoms with Crippen molar-refractivity contribution in [2.45, 2.75) is 44.2 Å². The molecular weight excluding hydrogens is 412 g/mol. The van der Waals surface area contributed by atoms with E-state index in [1.807, 2.05) is 13.0 Å². The minimum absolute atomic E-state index is 0.0659. The molecule has 1 fully saturated rings. The number of nitrogens with one attached hydrogen (secondary N) is 2. The number of hydrogen-bond donors (Lipinski definition) is 3. The van der Waals surface area contributed by atoms with E-state index in [0.717, 1.165) is 38.1 Å². The van der Waals surface area contributed by atoms with Crippen LogP contribution in [0.3, 0.4) is 0 Å². The number of benzene rings is 2. The van der Waals surface area contributed by atoms with Crippen molar-refractivity contribution in [1.29, 1.82) is 0 Å². The summed E-state index contributed by atoms with van der Waals surface area (Å²) in [7, 11) is -3.73. The van der Waals surface area contributed by atoms with E-state index in [4.69, 9.17) is 9.88 Å². The standard InChI is InChI=1S/C23H32N4O3S/c1-3-25-23(26-15-18-6-4-8-21(14-18)31(24,28)29)27-16-20-7-5-13-30-22(20)19-11-9-17(2)10-12-19/h4,6,8-12,14,20,22H,3,5,7,13,15-16H2,1-2H3,(H2,24,28,29)(H2,25,26,27). The van der Waals surface area contributed by atoms with Gasteiger partial charge in [-0.3, -0.25) is 0 Å². The van der Waals surface area contributed by atoms with E-state index < -0.39 is 10.0 Å². The number of aryl methyl sites for hydroxylation is 1. The second kappa shape index (κ2) is 10.7. The molecule has 0 amide bonds. The lowest BCUT2D eigenvalue weighted by molar-refractivity contribution is -0.0265. The Labute approximate surface area is 185 Å². The summed E-state index contributed by atoms with van der Waals surface area (Å²) in [6.07, 6.45) is 2.19. The number of rotatable bonds is 7. The molecule has 1 aliphatic heterocycles. The minimum Gasteiger partial charge on any atom is -0.373 e. The molecule has 2 aromatic carbocycles. The molecule has 1 heterocycles. The molecule has 31 heavy (non-hydrogen) atoms. The van der Waals surface area contributed by atoms with E-state index in [-0.39, 0.29) is 11.0 Å². The summed E-state index contributed by atoms with van der Waals surface area (Å²) in [5.74, 6) is 1.03. The first-order chi connectivity index (χ1) is 14.9. The van der Waals surface area contributed by atoms with Crippen molar-refractivity contribution in [2.24, 2.45) is 16.0 Å². The summed E-state index contributed by atoms with van der Waals surface area (Å²) in [5, 5.41) is 11.9. The van der Waals surface area contributed by atoms with E-state index in [1.165, 1.54) is 17.2 Å². The summed E-state index contributed by atoms with van der Waals surface area (Å²) >= 11 is 0. The Morgan fingerprint density at radius 2 is 1.97 bits per heavy atom. The highest BCUT2D eigenvalue weighted by Crippen LogP contribution is 2.33. The van der Waals surface area contributed by atoms with Crippen molar-refractivity contribution in [3.05, 3.63) is 65.2 Å². The van der Waals surface area contributed by atoms with Crippen LogP contribution in [0, 0.1) is 12.8 Å². The number of guanidine groups is 1. The van der Waals surface area contributed by atoms with Gasteiger partial charge < -0.3 is 15.4 Å². The van der Waals surface area contributed by atoms with Gasteiger partial charge in [0.1, 0.15) is 0 Å². The lowest BCUT2D eigenvalue weighted by Crippen LogP contribution is -2.42. The van der Waals surface area contributed by atoms with E-state index in [1.54, 1.807) is 12.1 Å². The van der Waals surface area contributed by atoms with Crippen LogP contribution in [0.5, 0.6) is 0 Å². The number of aliphatic imine (C=N–C) groups is 1. The van der Waals surface area contributed by atoms with E-state index >= 15 is 0 Å². The molecule has 0 radical (unpaired) electrons. The van der Waals surface area contributed by atoms with Crippen LogP contribution in [0.25, 0.3) is 0 Å². The Hall–Kier alpha value is -2.42. The number of primary sulfonamides is 1. The van der Waals surface area contributed by atoms with Gasteiger partial charge in [0.25, 0.3) is 0 Å². The minimum atomic E-state index is -3.73. The first-order valence-corrected chi connectivity index (χ1v) is 12.2. The largest absolute Gasteiger partial charge is 0.373 e. The molecule has 1 aliphatic rings. The van der Waals surface area contributed by atoms with Crippen LogP contribution in [-0.4, -0.2) is 34.1 Å². The molecule has 8 heteroatoms. The number of ether oxygens (including phenoxy) is 1. The highest BCUT2D eigenvalue weighted by atomic mass is 32.2. The predicted molar refractivity (Wildman–Crippen MR) is 123 cm³/mol. The van der Waals surface area contributed by atoms with Crippen LogP contribution in [0.4, 0.5) is 0 Å². The molecule has 168 valence electrons. The SMILES string of the molecule is CCNC(=NCc1cccc(S(N)(=O)=O)c1)NCC1CCCOC1c1ccc(C)cc1. The molecule has 0 spiro atoms. The monoisotopic (exact) mass is 444 g/mol. The van der Waals surface area contributed by atoms with Crippen molar-refractivity contribution in [1.82, 2.24) is 10.6 Å². The lowest BCUT2D eigenvalue weighted by Gasteiger charge is -2.32. The molecule has 7 nitrogen and oxygen atoms in total. The Bertz CT molecular complexity index is 990. The lowest BCUT2D eigenvalue weighted by atomic mass is 9.89. The van der Waals surface area contributed by atoms with Crippen molar-refractivity contribution >= 4 is 16.0 Å². The van der Waals surface area contributed by atoms with Crippen molar-refractivity contribution in [3.8, 4) is 0 Å². The van der Waals surface area contributed by atoms with Gasteiger partial charge in [0.05, 0.1) is 17.5 Å². The second-order valence-electron chi connectivity index (χ2n) is 7.87. The fraction of sp³-hybridized carbons (Fsp3) is 0.435. The van der Waals surface area contributed by atoms with Crippen LogP contribution in [0.2, 0.25) is 0 Å². The fourth-order valence-electron chi connectivity index (χ4n) is 3.74. The Morgan fingerprint density at radius 1 is 1.19 bits per heavy atom. The molecule has 1 saturated heterocycles. The molecule has 0 bridgehead atoms. The number of hydrogen-bond acceptors (Lipinski definition) is 4. The maximum atomic E-state index is 11.6. The van der Waals surface area contributed by atoms with Crippen LogP contribution in [-0.2, 0) is 21.3 Å². The molecule has 2 aromatic rings. The van der Waals surface area contributed by atoms with Crippen molar-refractivity contribution in [3.63, 3.8) is 0 Å². The topological polar surface area (TPSA) is 106 Å². The average Bonchev–Trinajstić information content (AvgIpc) is 2.76. The number of nitrogens with two attached hydrogens (primary N) is 1. The zero-order valence-electron chi connectivity index (χ0n) is 18.2. The smallest absolute Gasteiger partial charge is 0.238 e. The molecular formula is C23H32N4O3S. The Balaban J connectivity index is 1.67. The van der Waals surface area contributed by atoms with Crippen LogP contribution < -0.4 is 15.8 Å². The first kappa shape index (κ1) is 23.2. The summed E-state index contributed by atoms with van der Waals surface area (Å²) in [6, 6.07) is 15.1. The van der Waals surface area contributed by atoms with Crippen molar-refractivity contribution < 1.29 is 13.2 Å². The molecule has 4 N–H and O–H groups in total. The molecule has 2 atom stereocenters. The van der Waals surface area contributed by atoms with Gasteiger partial charge in [-0.2, -0.15) is 0 Å². The van der Waals surface area contributed by atoms with E-state index in [0.29, 0.717) is 18.4 Å². The second-order valence-corrected chi connectivity index (χ2v) is 9.43. The highest BCUT2D eigenvalue weighted by Gasteiger charge is 2.27. The van der Waals surface area contributed by atoms with Crippen LogP contribution in [0.1, 0.15) is 42.6 Å². The molecule has 2 unspecified atom stereocenters. The van der Waals surface area contributed by atoms with Gasteiger partial charge >= 0.3 is 0 Å². The van der Waals surface area contributed by atoms with Gasteiger partial charge in [0, 0.05) is 25.6 Å². The fourth-order valence-corrected chi connectivity index (χ4v) is 4.32. The quantitative estimate of drug-likeness (QED) is 0.450. The Kier molecular flexibility index (Phi) is 8.06. The van der Waals surface area contributed by atoms with Gasteiger partial charge in [-0.05, 0) is 49.9 Å². The predicted octanol–water partition coefficient (Wildman–Crippen LogP) is 2.87. The third-order valence-electron chi connectivity index (χ3n) is 5.37.